The van der Waals surface area contributed by atoms with Crippen molar-refractivity contribution in [3.05, 3.63) is 29.3 Å². The Balaban J connectivity index is 2.05. The van der Waals surface area contributed by atoms with Crippen LogP contribution < -0.4 is 0 Å². The summed E-state index contributed by atoms with van der Waals surface area (Å²) in [5.74, 6) is 0. The zero-order chi connectivity index (χ0) is 13.8. The second-order valence-electron chi connectivity index (χ2n) is 5.43. The van der Waals surface area contributed by atoms with Crippen molar-refractivity contribution in [2.75, 3.05) is 13.6 Å². The third-order valence-corrected chi connectivity index (χ3v) is 4.81. The summed E-state index contributed by atoms with van der Waals surface area (Å²) < 4.78 is 0. The molecule has 0 radical (unpaired) electrons. The fourth-order valence-electron chi connectivity index (χ4n) is 2.73. The van der Waals surface area contributed by atoms with Crippen LogP contribution in [-0.4, -0.2) is 36.1 Å². The van der Waals surface area contributed by atoms with Crippen molar-refractivity contribution < 1.29 is 4.79 Å². The lowest BCUT2D eigenvalue weighted by atomic mass is 10.1. The normalized spacial score (nSPS) is 19.5. The molecule has 2 unspecified atom stereocenters. The zero-order valence-corrected chi connectivity index (χ0v) is 12.9. The first-order chi connectivity index (χ1) is 9.13. The SMILES string of the molecule is CCCN(C)C1Cc2ccc(SC(C)C=O)cc2C1. The lowest BCUT2D eigenvalue weighted by Crippen LogP contribution is -2.32. The quantitative estimate of drug-likeness (QED) is 0.588. The first kappa shape index (κ1) is 14.6. The van der Waals surface area contributed by atoms with Crippen LogP contribution in [0.3, 0.4) is 0 Å². The van der Waals surface area contributed by atoms with Gasteiger partial charge in [0.1, 0.15) is 6.29 Å². The molecule has 0 fully saturated rings. The molecule has 0 amide bonds. The van der Waals surface area contributed by atoms with Gasteiger partial charge in [0.05, 0.1) is 5.25 Å². The predicted molar refractivity (Wildman–Crippen MR) is 81.9 cm³/mol. The van der Waals surface area contributed by atoms with Gasteiger partial charge in [-0.1, -0.05) is 13.0 Å². The number of hydrogen-bond donors (Lipinski definition) is 0. The second-order valence-corrected chi connectivity index (χ2v) is 6.88. The van der Waals surface area contributed by atoms with Crippen molar-refractivity contribution in [2.24, 2.45) is 0 Å². The molecule has 0 heterocycles. The molecule has 3 heteroatoms. The topological polar surface area (TPSA) is 20.3 Å². The van der Waals surface area contributed by atoms with E-state index in [-0.39, 0.29) is 5.25 Å². The molecule has 0 bridgehead atoms. The van der Waals surface area contributed by atoms with Gasteiger partial charge in [-0.25, -0.2) is 0 Å². The van der Waals surface area contributed by atoms with Gasteiger partial charge in [-0.3, -0.25) is 0 Å². The van der Waals surface area contributed by atoms with Crippen LogP contribution >= 0.6 is 11.8 Å². The molecule has 104 valence electrons. The Kier molecular flexibility index (Phi) is 5.06. The minimum absolute atomic E-state index is 0.0398. The molecule has 0 aromatic heterocycles. The Bertz CT molecular complexity index is 446. The summed E-state index contributed by atoms with van der Waals surface area (Å²) in [5, 5.41) is 0.0398. The number of thioether (sulfide) groups is 1. The molecular formula is C16H23NOS. The van der Waals surface area contributed by atoms with Crippen molar-refractivity contribution in [2.45, 2.75) is 49.3 Å². The summed E-state index contributed by atoms with van der Waals surface area (Å²) in [6.07, 6.45) is 4.53. The average molecular weight is 277 g/mol. The minimum atomic E-state index is 0.0398. The van der Waals surface area contributed by atoms with Crippen LogP contribution in [0.4, 0.5) is 0 Å². The molecule has 0 aliphatic heterocycles. The van der Waals surface area contributed by atoms with Crippen LogP contribution in [0.5, 0.6) is 0 Å². The molecule has 0 saturated carbocycles. The van der Waals surface area contributed by atoms with Crippen molar-refractivity contribution >= 4 is 18.0 Å². The van der Waals surface area contributed by atoms with E-state index in [4.69, 9.17) is 0 Å². The summed E-state index contributed by atoms with van der Waals surface area (Å²) in [6, 6.07) is 7.33. The van der Waals surface area contributed by atoms with Gasteiger partial charge in [0, 0.05) is 10.9 Å². The van der Waals surface area contributed by atoms with Gasteiger partial charge in [-0.05, 0) is 63.0 Å². The van der Waals surface area contributed by atoms with Gasteiger partial charge < -0.3 is 9.69 Å². The summed E-state index contributed by atoms with van der Waals surface area (Å²) >= 11 is 1.65. The van der Waals surface area contributed by atoms with Crippen LogP contribution in [0.15, 0.2) is 23.1 Å². The molecular weight excluding hydrogens is 254 g/mol. The minimum Gasteiger partial charge on any atom is -0.303 e. The molecule has 2 atom stereocenters. The highest BCUT2D eigenvalue weighted by atomic mass is 32.2. The highest BCUT2D eigenvalue weighted by molar-refractivity contribution is 8.00. The summed E-state index contributed by atoms with van der Waals surface area (Å²) in [5.41, 5.74) is 2.95. The Hall–Kier alpha value is -0.800. The molecule has 2 rings (SSSR count). The van der Waals surface area contributed by atoms with Gasteiger partial charge in [-0.15, -0.1) is 11.8 Å². The van der Waals surface area contributed by atoms with E-state index >= 15 is 0 Å². The number of carbonyl (C=O) groups is 1. The van der Waals surface area contributed by atoms with Crippen molar-refractivity contribution in [1.29, 1.82) is 0 Å². The monoisotopic (exact) mass is 277 g/mol. The number of aldehydes is 1. The standard InChI is InChI=1S/C16H23NOS/c1-4-7-17(3)15-8-13-5-6-16(10-14(13)9-15)19-12(2)11-18/h5-6,10-12,15H,4,7-9H2,1-3H3. The van der Waals surface area contributed by atoms with Crippen LogP contribution in [0.1, 0.15) is 31.4 Å². The summed E-state index contributed by atoms with van der Waals surface area (Å²) in [7, 11) is 2.23. The van der Waals surface area contributed by atoms with E-state index in [1.165, 1.54) is 35.4 Å². The van der Waals surface area contributed by atoms with Gasteiger partial charge in [0.25, 0.3) is 0 Å². The van der Waals surface area contributed by atoms with Crippen LogP contribution in [0.25, 0.3) is 0 Å². The highest BCUT2D eigenvalue weighted by Crippen LogP contribution is 2.30. The van der Waals surface area contributed by atoms with Crippen molar-refractivity contribution in [3.63, 3.8) is 0 Å². The Labute approximate surface area is 120 Å². The maximum atomic E-state index is 10.7. The molecule has 0 N–H and O–H groups in total. The summed E-state index contributed by atoms with van der Waals surface area (Å²) in [6.45, 7) is 5.35. The van der Waals surface area contributed by atoms with Gasteiger partial charge in [-0.2, -0.15) is 0 Å². The van der Waals surface area contributed by atoms with Crippen LogP contribution in [-0.2, 0) is 17.6 Å². The second kappa shape index (κ2) is 6.58. The predicted octanol–water partition coefficient (Wildman–Crippen LogP) is 3.18. The van der Waals surface area contributed by atoms with Crippen LogP contribution in [0, 0.1) is 0 Å². The third kappa shape index (κ3) is 3.61. The van der Waals surface area contributed by atoms with E-state index in [1.807, 2.05) is 6.92 Å². The number of hydrogen-bond acceptors (Lipinski definition) is 3. The first-order valence-electron chi connectivity index (χ1n) is 7.08. The van der Waals surface area contributed by atoms with E-state index in [2.05, 4.69) is 37.1 Å². The van der Waals surface area contributed by atoms with Crippen molar-refractivity contribution in [3.8, 4) is 0 Å². The molecule has 1 aromatic carbocycles. The lowest BCUT2D eigenvalue weighted by Gasteiger charge is -2.23. The number of benzene rings is 1. The van der Waals surface area contributed by atoms with E-state index in [9.17, 15) is 4.79 Å². The van der Waals surface area contributed by atoms with Crippen molar-refractivity contribution in [1.82, 2.24) is 4.90 Å². The Morgan fingerprint density at radius 1 is 1.42 bits per heavy atom. The van der Waals surface area contributed by atoms with Gasteiger partial charge in [0.15, 0.2) is 0 Å². The fourth-order valence-corrected chi connectivity index (χ4v) is 3.58. The zero-order valence-electron chi connectivity index (χ0n) is 12.1. The molecule has 19 heavy (non-hydrogen) atoms. The first-order valence-corrected chi connectivity index (χ1v) is 7.96. The van der Waals surface area contributed by atoms with Crippen LogP contribution in [0.2, 0.25) is 0 Å². The van der Waals surface area contributed by atoms with E-state index in [0.29, 0.717) is 6.04 Å². The maximum Gasteiger partial charge on any atom is 0.133 e. The number of carbonyl (C=O) groups excluding carboxylic acids is 1. The molecule has 1 aliphatic carbocycles. The maximum absolute atomic E-state index is 10.7. The lowest BCUT2D eigenvalue weighted by molar-refractivity contribution is -0.107. The number of nitrogens with zero attached hydrogens (tertiary/aromatic N) is 1. The molecule has 2 nitrogen and oxygen atoms in total. The van der Waals surface area contributed by atoms with Gasteiger partial charge in [0.2, 0.25) is 0 Å². The number of rotatable bonds is 6. The van der Waals surface area contributed by atoms with E-state index < -0.39 is 0 Å². The van der Waals surface area contributed by atoms with E-state index in [0.717, 1.165) is 12.7 Å². The fraction of sp³-hybridized carbons (Fsp3) is 0.562. The van der Waals surface area contributed by atoms with Gasteiger partial charge >= 0.3 is 0 Å². The molecule has 1 aromatic rings. The molecule has 0 saturated heterocycles. The average Bonchev–Trinajstić information content (AvgIpc) is 2.82. The third-order valence-electron chi connectivity index (χ3n) is 3.80. The molecule has 1 aliphatic rings. The van der Waals surface area contributed by atoms with E-state index in [1.54, 1.807) is 11.8 Å². The molecule has 0 spiro atoms. The smallest absolute Gasteiger partial charge is 0.133 e. The number of likely N-dealkylation sites (N-methyl/N-ethyl adjacent to an activating group) is 1. The summed E-state index contributed by atoms with van der Waals surface area (Å²) in [4.78, 5) is 14.4. The Morgan fingerprint density at radius 2 is 2.16 bits per heavy atom. The number of fused-ring (bicyclic) bond motifs is 1. The largest absolute Gasteiger partial charge is 0.303 e. The highest BCUT2D eigenvalue weighted by Gasteiger charge is 2.24. The Morgan fingerprint density at radius 3 is 2.84 bits per heavy atom.